The summed E-state index contributed by atoms with van der Waals surface area (Å²) in [4.78, 5) is 8.37. The summed E-state index contributed by atoms with van der Waals surface area (Å²) in [6.45, 7) is 3.97. The first-order valence-electron chi connectivity index (χ1n) is 3.54. The third kappa shape index (κ3) is 0.888. The Kier molecular flexibility index (Phi) is 1.18. The van der Waals surface area contributed by atoms with Gasteiger partial charge in [-0.15, -0.1) is 0 Å². The van der Waals surface area contributed by atoms with E-state index in [-0.39, 0.29) is 0 Å². The van der Waals surface area contributed by atoms with Crippen molar-refractivity contribution < 1.29 is 0 Å². The van der Waals surface area contributed by atoms with Gasteiger partial charge in [0.25, 0.3) is 0 Å². The zero-order valence-electron chi connectivity index (χ0n) is 6.57. The Morgan fingerprint density at radius 2 is 2.09 bits per heavy atom. The summed E-state index contributed by atoms with van der Waals surface area (Å²) in [5.74, 6) is 0. The molecule has 0 aliphatic rings. The van der Waals surface area contributed by atoms with Gasteiger partial charge in [-0.1, -0.05) is 0 Å². The van der Waals surface area contributed by atoms with Crippen molar-refractivity contribution in [2.24, 2.45) is 0 Å². The third-order valence-corrected chi connectivity index (χ3v) is 1.73. The minimum absolute atomic E-state index is 0.968. The fourth-order valence-corrected chi connectivity index (χ4v) is 1.09. The van der Waals surface area contributed by atoms with Crippen LogP contribution < -0.4 is 0 Å². The third-order valence-electron chi connectivity index (χ3n) is 1.73. The molecule has 2 aromatic rings. The molecule has 2 heterocycles. The largest absolute Gasteiger partial charge is 0.288 e. The van der Waals surface area contributed by atoms with Crippen LogP contribution in [-0.4, -0.2) is 14.4 Å². The summed E-state index contributed by atoms with van der Waals surface area (Å²) in [5.41, 5.74) is 3.09. The molecule has 56 valence electrons. The van der Waals surface area contributed by atoms with Crippen LogP contribution in [0.5, 0.6) is 0 Å². The zero-order chi connectivity index (χ0) is 7.84. The van der Waals surface area contributed by atoms with Crippen LogP contribution >= 0.6 is 0 Å². The maximum absolute atomic E-state index is 4.20. The van der Waals surface area contributed by atoms with Gasteiger partial charge in [0.2, 0.25) is 0 Å². The topological polar surface area (TPSA) is 30.2 Å². The minimum atomic E-state index is 0.968. The number of fused-ring (bicyclic) bond motifs is 1. The molecule has 0 N–H and O–H groups in total. The zero-order valence-corrected chi connectivity index (χ0v) is 6.57. The lowest BCUT2D eigenvalue weighted by Gasteiger charge is -1.94. The number of aryl methyl sites for hydroxylation is 2. The van der Waals surface area contributed by atoms with Crippen molar-refractivity contribution in [1.82, 2.24) is 14.4 Å². The Hall–Kier alpha value is -1.38. The molecule has 0 saturated carbocycles. The van der Waals surface area contributed by atoms with E-state index in [0.717, 1.165) is 17.0 Å². The minimum Gasteiger partial charge on any atom is -0.288 e. The normalized spacial score (nSPS) is 10.7. The average molecular weight is 147 g/mol. The highest BCUT2D eigenvalue weighted by Crippen LogP contribution is 2.04. The van der Waals surface area contributed by atoms with E-state index < -0.39 is 0 Å². The molecule has 0 bridgehead atoms. The van der Waals surface area contributed by atoms with Crippen molar-refractivity contribution >= 4 is 5.65 Å². The van der Waals surface area contributed by atoms with E-state index in [1.54, 1.807) is 6.33 Å². The van der Waals surface area contributed by atoms with Gasteiger partial charge in [-0.2, -0.15) is 0 Å². The summed E-state index contributed by atoms with van der Waals surface area (Å²) >= 11 is 0. The highest BCUT2D eigenvalue weighted by molar-refractivity contribution is 5.40. The van der Waals surface area contributed by atoms with Gasteiger partial charge in [-0.25, -0.2) is 9.97 Å². The number of nitrogens with zero attached hydrogens (tertiary/aromatic N) is 3. The lowest BCUT2D eigenvalue weighted by molar-refractivity contribution is 1.01. The smallest absolute Gasteiger partial charge is 0.139 e. The van der Waals surface area contributed by atoms with Gasteiger partial charge >= 0.3 is 0 Å². The maximum atomic E-state index is 4.20. The van der Waals surface area contributed by atoms with E-state index in [0.29, 0.717) is 0 Å². The summed E-state index contributed by atoms with van der Waals surface area (Å²) in [7, 11) is 0. The molecule has 0 aliphatic carbocycles. The number of hydrogen-bond donors (Lipinski definition) is 0. The number of rotatable bonds is 0. The lowest BCUT2D eigenvalue weighted by Crippen LogP contribution is -1.90. The van der Waals surface area contributed by atoms with Crippen molar-refractivity contribution in [1.29, 1.82) is 0 Å². The Morgan fingerprint density at radius 3 is 2.91 bits per heavy atom. The van der Waals surface area contributed by atoms with Gasteiger partial charge in [0.05, 0.1) is 0 Å². The molecule has 0 radical (unpaired) electrons. The Balaban J connectivity index is 2.86. The van der Waals surface area contributed by atoms with Crippen molar-refractivity contribution in [2.45, 2.75) is 13.8 Å². The number of imidazole rings is 1. The van der Waals surface area contributed by atoms with Gasteiger partial charge in [-0.3, -0.25) is 4.40 Å². The number of aromatic nitrogens is 3. The van der Waals surface area contributed by atoms with E-state index in [9.17, 15) is 0 Å². The molecule has 0 aromatic carbocycles. The first kappa shape index (κ1) is 6.34. The molecule has 0 spiro atoms. The van der Waals surface area contributed by atoms with Gasteiger partial charge in [0.1, 0.15) is 12.0 Å². The van der Waals surface area contributed by atoms with E-state index in [1.165, 1.54) is 0 Å². The molecule has 0 saturated heterocycles. The predicted octanol–water partition coefficient (Wildman–Crippen LogP) is 1.35. The SMILES string of the molecule is Cc1cc2ncc(C)n2cn1. The first-order valence-corrected chi connectivity index (χ1v) is 3.54. The highest BCUT2D eigenvalue weighted by atomic mass is 15.0. The predicted molar refractivity (Wildman–Crippen MR) is 42.5 cm³/mol. The van der Waals surface area contributed by atoms with Crippen LogP contribution in [0.15, 0.2) is 18.6 Å². The molecule has 0 atom stereocenters. The molecular formula is C8H9N3. The fourth-order valence-electron chi connectivity index (χ4n) is 1.09. The van der Waals surface area contributed by atoms with Crippen LogP contribution in [0.1, 0.15) is 11.4 Å². The van der Waals surface area contributed by atoms with Crippen molar-refractivity contribution in [3.63, 3.8) is 0 Å². The fraction of sp³-hybridized carbons (Fsp3) is 0.250. The number of hydrogen-bond acceptors (Lipinski definition) is 2. The van der Waals surface area contributed by atoms with Gasteiger partial charge in [0.15, 0.2) is 0 Å². The van der Waals surface area contributed by atoms with Crippen LogP contribution in [0, 0.1) is 13.8 Å². The standard InChI is InChI=1S/C8H9N3/c1-6-3-8-9-4-7(2)11(8)5-10-6/h3-5H,1-2H3. The van der Waals surface area contributed by atoms with Gasteiger partial charge in [0, 0.05) is 23.7 Å². The van der Waals surface area contributed by atoms with Gasteiger partial charge in [-0.05, 0) is 13.8 Å². The monoisotopic (exact) mass is 147 g/mol. The molecule has 0 amide bonds. The average Bonchev–Trinajstić information content (AvgIpc) is 2.32. The Bertz CT molecular complexity index is 389. The van der Waals surface area contributed by atoms with Crippen LogP contribution in [0.2, 0.25) is 0 Å². The molecule has 3 heteroatoms. The van der Waals surface area contributed by atoms with E-state index in [4.69, 9.17) is 0 Å². The molecular weight excluding hydrogens is 138 g/mol. The second-order valence-corrected chi connectivity index (χ2v) is 2.66. The second-order valence-electron chi connectivity index (χ2n) is 2.66. The van der Waals surface area contributed by atoms with Crippen molar-refractivity contribution in [3.8, 4) is 0 Å². The molecule has 0 fully saturated rings. The summed E-state index contributed by atoms with van der Waals surface area (Å²) in [6, 6.07) is 1.97. The van der Waals surface area contributed by atoms with Crippen molar-refractivity contribution in [3.05, 3.63) is 30.0 Å². The summed E-state index contributed by atoms with van der Waals surface area (Å²) in [5, 5.41) is 0. The van der Waals surface area contributed by atoms with Crippen LogP contribution in [0.25, 0.3) is 5.65 Å². The van der Waals surface area contributed by atoms with Crippen LogP contribution in [0.3, 0.4) is 0 Å². The van der Waals surface area contributed by atoms with E-state index in [2.05, 4.69) is 9.97 Å². The lowest BCUT2D eigenvalue weighted by atomic mass is 10.4. The van der Waals surface area contributed by atoms with E-state index in [1.807, 2.05) is 30.5 Å². The van der Waals surface area contributed by atoms with E-state index >= 15 is 0 Å². The highest BCUT2D eigenvalue weighted by Gasteiger charge is 1.97. The summed E-state index contributed by atoms with van der Waals surface area (Å²) in [6.07, 6.45) is 3.64. The first-order chi connectivity index (χ1) is 5.27. The molecule has 11 heavy (non-hydrogen) atoms. The molecule has 0 unspecified atom stereocenters. The van der Waals surface area contributed by atoms with Crippen LogP contribution in [0.4, 0.5) is 0 Å². The van der Waals surface area contributed by atoms with Crippen LogP contribution in [-0.2, 0) is 0 Å². The maximum Gasteiger partial charge on any atom is 0.139 e. The summed E-state index contributed by atoms with van der Waals surface area (Å²) < 4.78 is 1.97. The molecule has 2 rings (SSSR count). The quantitative estimate of drug-likeness (QED) is 0.563. The van der Waals surface area contributed by atoms with Crippen molar-refractivity contribution in [2.75, 3.05) is 0 Å². The molecule has 0 aliphatic heterocycles. The second kappa shape index (κ2) is 2.05. The molecule has 2 aromatic heterocycles. The Morgan fingerprint density at radius 1 is 1.27 bits per heavy atom. The Labute approximate surface area is 64.7 Å². The molecule has 3 nitrogen and oxygen atoms in total. The van der Waals surface area contributed by atoms with Gasteiger partial charge < -0.3 is 0 Å².